The van der Waals surface area contributed by atoms with Crippen molar-refractivity contribution in [3.05, 3.63) is 47.2 Å². The summed E-state index contributed by atoms with van der Waals surface area (Å²) in [7, 11) is 2.01. The quantitative estimate of drug-likeness (QED) is 0.902. The first-order valence-corrected chi connectivity index (χ1v) is 8.42. The van der Waals surface area contributed by atoms with Crippen LogP contribution >= 0.6 is 11.6 Å². The molecule has 1 aliphatic rings. The summed E-state index contributed by atoms with van der Waals surface area (Å²) in [6.45, 7) is 4.15. The largest absolute Gasteiger partial charge is 0.451 e. The minimum Gasteiger partial charge on any atom is -0.451 e. The maximum Gasteiger partial charge on any atom is 0.287 e. The third-order valence-electron chi connectivity index (χ3n) is 4.12. The van der Waals surface area contributed by atoms with E-state index in [4.69, 9.17) is 20.8 Å². The molecule has 1 N–H and O–H groups in total. The van der Waals surface area contributed by atoms with E-state index in [1.807, 2.05) is 32.2 Å². The Balaban J connectivity index is 1.71. The Morgan fingerprint density at radius 2 is 2.12 bits per heavy atom. The second-order valence-electron chi connectivity index (χ2n) is 5.94. The van der Waals surface area contributed by atoms with Gasteiger partial charge in [0.05, 0.1) is 17.2 Å². The van der Waals surface area contributed by atoms with Gasteiger partial charge in [-0.1, -0.05) is 23.7 Å². The molecule has 1 aromatic heterocycles. The number of benzene rings is 1. The van der Waals surface area contributed by atoms with Crippen molar-refractivity contribution in [3.8, 4) is 11.3 Å². The number of halogens is 1. The maximum absolute atomic E-state index is 12.5. The fraction of sp³-hybridized carbons (Fsp3) is 0.389. The average molecular weight is 349 g/mol. The lowest BCUT2D eigenvalue weighted by Crippen LogP contribution is -2.43. The predicted molar refractivity (Wildman–Crippen MR) is 93.3 cm³/mol. The van der Waals surface area contributed by atoms with Crippen LogP contribution in [-0.2, 0) is 4.74 Å². The minimum absolute atomic E-state index is 0.00181. The number of furan rings is 1. The van der Waals surface area contributed by atoms with Crippen LogP contribution in [0.15, 0.2) is 40.8 Å². The Morgan fingerprint density at radius 3 is 2.88 bits per heavy atom. The number of hydrogen-bond acceptors (Lipinski definition) is 4. The van der Waals surface area contributed by atoms with E-state index in [1.165, 1.54) is 0 Å². The highest BCUT2D eigenvalue weighted by atomic mass is 35.5. The van der Waals surface area contributed by atoms with E-state index in [1.54, 1.807) is 18.2 Å². The summed E-state index contributed by atoms with van der Waals surface area (Å²) in [6, 6.07) is 10.8. The summed E-state index contributed by atoms with van der Waals surface area (Å²) in [5.74, 6) is 0.615. The first-order valence-electron chi connectivity index (χ1n) is 8.04. The van der Waals surface area contributed by atoms with Crippen LogP contribution in [0.3, 0.4) is 0 Å². The first kappa shape index (κ1) is 17.0. The molecule has 5 nitrogen and oxygen atoms in total. The van der Waals surface area contributed by atoms with Crippen LogP contribution in [0.25, 0.3) is 11.3 Å². The Hall–Kier alpha value is -1.82. The van der Waals surface area contributed by atoms with Gasteiger partial charge in [-0.25, -0.2) is 0 Å². The molecule has 0 saturated carbocycles. The van der Waals surface area contributed by atoms with Gasteiger partial charge in [-0.15, -0.1) is 0 Å². The maximum atomic E-state index is 12.5. The Kier molecular flexibility index (Phi) is 5.23. The van der Waals surface area contributed by atoms with Crippen molar-refractivity contribution in [1.29, 1.82) is 0 Å². The number of likely N-dealkylation sites (tertiary alicyclic amines) is 1. The lowest BCUT2D eigenvalue weighted by atomic mass is 10.2. The highest BCUT2D eigenvalue weighted by molar-refractivity contribution is 6.33. The molecule has 3 rings (SSSR count). The van der Waals surface area contributed by atoms with Gasteiger partial charge in [0.2, 0.25) is 0 Å². The zero-order valence-corrected chi connectivity index (χ0v) is 14.5. The fourth-order valence-corrected chi connectivity index (χ4v) is 3.22. The molecular formula is C18H21ClN2O3. The van der Waals surface area contributed by atoms with Gasteiger partial charge in [0.15, 0.2) is 5.76 Å². The van der Waals surface area contributed by atoms with E-state index in [2.05, 4.69) is 10.2 Å². The number of ether oxygens (including phenoxy) is 1. The van der Waals surface area contributed by atoms with E-state index in [9.17, 15) is 4.79 Å². The minimum atomic E-state index is -0.238. The summed E-state index contributed by atoms with van der Waals surface area (Å²) in [5.41, 5.74) is 0.769. The average Bonchev–Trinajstić information content (AvgIpc) is 3.16. The van der Waals surface area contributed by atoms with Crippen LogP contribution in [-0.4, -0.2) is 49.7 Å². The van der Waals surface area contributed by atoms with Crippen LogP contribution in [0.5, 0.6) is 0 Å². The lowest BCUT2D eigenvalue weighted by Gasteiger charge is -2.19. The number of nitrogens with one attached hydrogen (secondary N) is 1. The second kappa shape index (κ2) is 7.38. The van der Waals surface area contributed by atoms with Gasteiger partial charge in [0.1, 0.15) is 5.76 Å². The van der Waals surface area contributed by atoms with Crippen LogP contribution < -0.4 is 5.32 Å². The van der Waals surface area contributed by atoms with Crippen LogP contribution in [0.1, 0.15) is 17.5 Å². The summed E-state index contributed by atoms with van der Waals surface area (Å²) in [6.07, 6.45) is 0.00181. The number of nitrogens with zero attached hydrogens (tertiary/aromatic N) is 1. The monoisotopic (exact) mass is 348 g/mol. The van der Waals surface area contributed by atoms with Crippen molar-refractivity contribution in [1.82, 2.24) is 10.2 Å². The number of likely N-dealkylation sites (N-methyl/N-ethyl adjacent to an activating group) is 1. The van der Waals surface area contributed by atoms with Gasteiger partial charge >= 0.3 is 0 Å². The van der Waals surface area contributed by atoms with Gasteiger partial charge in [0.25, 0.3) is 5.91 Å². The van der Waals surface area contributed by atoms with E-state index >= 15 is 0 Å². The Morgan fingerprint density at radius 1 is 1.33 bits per heavy atom. The number of carbonyl (C=O) groups excluding carboxylic acids is 1. The highest BCUT2D eigenvalue weighted by Crippen LogP contribution is 2.29. The molecular weight excluding hydrogens is 328 g/mol. The van der Waals surface area contributed by atoms with Crippen molar-refractivity contribution < 1.29 is 13.9 Å². The van der Waals surface area contributed by atoms with Gasteiger partial charge in [-0.3, -0.25) is 4.79 Å². The third kappa shape index (κ3) is 3.64. The van der Waals surface area contributed by atoms with E-state index in [0.29, 0.717) is 17.4 Å². The van der Waals surface area contributed by atoms with Gasteiger partial charge in [0, 0.05) is 25.3 Å². The molecule has 0 spiro atoms. The number of rotatable bonds is 5. The van der Waals surface area contributed by atoms with Gasteiger partial charge in [-0.2, -0.15) is 0 Å². The third-order valence-corrected chi connectivity index (χ3v) is 4.44. The Bertz CT molecular complexity index is 716. The zero-order valence-electron chi connectivity index (χ0n) is 13.8. The first-order chi connectivity index (χ1) is 11.6. The SMILES string of the molecule is CCO[C@@H]1CN(C)C[C@H]1NC(=O)c1ccc(-c2ccccc2Cl)o1. The molecule has 1 aliphatic heterocycles. The molecule has 0 radical (unpaired) electrons. The van der Waals surface area contributed by atoms with Crippen molar-refractivity contribution >= 4 is 17.5 Å². The number of amides is 1. The second-order valence-corrected chi connectivity index (χ2v) is 6.35. The molecule has 1 amide bonds. The molecule has 0 bridgehead atoms. The summed E-state index contributed by atoms with van der Waals surface area (Å²) in [4.78, 5) is 14.6. The van der Waals surface area contributed by atoms with E-state index < -0.39 is 0 Å². The van der Waals surface area contributed by atoms with E-state index in [0.717, 1.165) is 18.7 Å². The van der Waals surface area contributed by atoms with Crippen molar-refractivity contribution in [2.75, 3.05) is 26.7 Å². The molecule has 1 fully saturated rings. The van der Waals surface area contributed by atoms with Crippen LogP contribution in [0.2, 0.25) is 5.02 Å². The molecule has 2 atom stereocenters. The number of carbonyl (C=O) groups is 1. The predicted octanol–water partition coefficient (Wildman–Crippen LogP) is 3.05. The zero-order chi connectivity index (χ0) is 17.1. The van der Waals surface area contributed by atoms with Crippen LogP contribution in [0.4, 0.5) is 0 Å². The lowest BCUT2D eigenvalue weighted by molar-refractivity contribution is 0.0507. The molecule has 0 unspecified atom stereocenters. The van der Waals surface area contributed by atoms with Crippen molar-refractivity contribution in [2.45, 2.75) is 19.1 Å². The van der Waals surface area contributed by atoms with Crippen molar-refractivity contribution in [3.63, 3.8) is 0 Å². The Labute approximate surface area is 146 Å². The topological polar surface area (TPSA) is 54.7 Å². The molecule has 128 valence electrons. The van der Waals surface area contributed by atoms with Crippen LogP contribution in [0, 0.1) is 0 Å². The normalized spacial score (nSPS) is 21.1. The summed E-state index contributed by atoms with van der Waals surface area (Å²) in [5, 5.41) is 3.60. The smallest absolute Gasteiger partial charge is 0.287 e. The standard InChI is InChI=1S/C18H21ClN2O3/c1-3-23-17-11-21(2)10-14(17)20-18(22)16-9-8-15(24-16)12-6-4-5-7-13(12)19/h4-9,14,17H,3,10-11H2,1-2H3,(H,20,22)/t14-,17-/m1/s1. The molecule has 6 heteroatoms. The van der Waals surface area contributed by atoms with Gasteiger partial charge in [-0.05, 0) is 38.2 Å². The fourth-order valence-electron chi connectivity index (χ4n) is 2.99. The molecule has 0 aliphatic carbocycles. The number of hydrogen-bond donors (Lipinski definition) is 1. The summed E-state index contributed by atoms with van der Waals surface area (Å²) < 4.78 is 11.4. The molecule has 2 heterocycles. The van der Waals surface area contributed by atoms with Crippen molar-refractivity contribution in [2.24, 2.45) is 0 Å². The van der Waals surface area contributed by atoms with E-state index in [-0.39, 0.29) is 23.8 Å². The van der Waals surface area contributed by atoms with Gasteiger partial charge < -0.3 is 19.4 Å². The molecule has 1 saturated heterocycles. The molecule has 1 aromatic carbocycles. The molecule has 24 heavy (non-hydrogen) atoms. The highest BCUT2D eigenvalue weighted by Gasteiger charge is 2.33. The molecule has 2 aromatic rings. The summed E-state index contributed by atoms with van der Waals surface area (Å²) >= 11 is 6.17.